The van der Waals surface area contributed by atoms with Crippen LogP contribution >= 0.6 is 11.6 Å². The first kappa shape index (κ1) is 18.5. The van der Waals surface area contributed by atoms with E-state index in [4.69, 9.17) is 11.6 Å². The van der Waals surface area contributed by atoms with Gasteiger partial charge in [-0.3, -0.25) is 14.4 Å². The minimum atomic E-state index is -0.440. The molecule has 0 saturated carbocycles. The van der Waals surface area contributed by atoms with Crippen LogP contribution in [0.3, 0.4) is 0 Å². The summed E-state index contributed by atoms with van der Waals surface area (Å²) in [5.41, 5.74) is 2.59. The van der Waals surface area contributed by atoms with Crippen LogP contribution in [-0.4, -0.2) is 17.7 Å². The maximum absolute atomic E-state index is 12.0. The van der Waals surface area contributed by atoms with Crippen molar-refractivity contribution in [1.29, 1.82) is 0 Å². The summed E-state index contributed by atoms with van der Waals surface area (Å²) in [7, 11) is 0. The summed E-state index contributed by atoms with van der Waals surface area (Å²) in [6.45, 7) is 3.25. The molecule has 3 amide bonds. The van der Waals surface area contributed by atoms with E-state index in [9.17, 15) is 14.4 Å². The Kier molecular flexibility index (Phi) is 6.14. The maximum atomic E-state index is 12.0. The minimum absolute atomic E-state index is 0.176. The van der Waals surface area contributed by atoms with E-state index < -0.39 is 11.8 Å². The lowest BCUT2D eigenvalue weighted by molar-refractivity contribution is -0.123. The average Bonchev–Trinajstić information content (AvgIpc) is 2.52. The molecule has 7 heteroatoms. The van der Waals surface area contributed by atoms with Gasteiger partial charge >= 0.3 is 0 Å². The third-order valence-corrected chi connectivity index (χ3v) is 3.52. The van der Waals surface area contributed by atoms with Gasteiger partial charge in [0.2, 0.25) is 17.7 Å². The Morgan fingerprint density at radius 3 is 2.04 bits per heavy atom. The lowest BCUT2D eigenvalue weighted by Gasteiger charge is -2.10. The summed E-state index contributed by atoms with van der Waals surface area (Å²) in [6.07, 6.45) is -0.320. The van der Waals surface area contributed by atoms with Gasteiger partial charge in [0.05, 0.1) is 0 Å². The monoisotopic (exact) mass is 359 g/mol. The molecule has 0 aliphatic carbocycles. The SMILES string of the molecule is CC(=O)Nc1ccc(NC(=O)CC(=O)Nc2cc(Cl)ccc2C)cc1. The Balaban J connectivity index is 1.90. The third kappa shape index (κ3) is 5.93. The number of benzene rings is 2. The molecule has 0 unspecified atom stereocenters. The van der Waals surface area contributed by atoms with Crippen LogP contribution in [0.25, 0.3) is 0 Å². The number of amides is 3. The van der Waals surface area contributed by atoms with Crippen LogP contribution in [0.2, 0.25) is 5.02 Å². The summed E-state index contributed by atoms with van der Waals surface area (Å²) in [5, 5.41) is 8.43. The second kappa shape index (κ2) is 8.30. The molecule has 2 rings (SSSR count). The molecule has 0 radical (unpaired) electrons. The number of rotatable bonds is 5. The van der Waals surface area contributed by atoms with Gasteiger partial charge in [-0.2, -0.15) is 0 Å². The fourth-order valence-electron chi connectivity index (χ4n) is 2.11. The number of hydrogen-bond acceptors (Lipinski definition) is 3. The molecular formula is C18H18ClN3O3. The lowest BCUT2D eigenvalue weighted by Crippen LogP contribution is -2.21. The van der Waals surface area contributed by atoms with E-state index in [-0.39, 0.29) is 12.3 Å². The van der Waals surface area contributed by atoms with Crippen LogP contribution in [0, 0.1) is 6.92 Å². The van der Waals surface area contributed by atoms with Crippen LogP contribution in [0.4, 0.5) is 17.1 Å². The first-order chi connectivity index (χ1) is 11.8. The molecule has 0 saturated heterocycles. The van der Waals surface area contributed by atoms with Gasteiger partial charge in [-0.05, 0) is 48.9 Å². The number of carbonyl (C=O) groups excluding carboxylic acids is 3. The third-order valence-electron chi connectivity index (χ3n) is 3.28. The predicted molar refractivity (Wildman–Crippen MR) is 98.8 cm³/mol. The molecule has 0 aliphatic rings. The average molecular weight is 360 g/mol. The number of hydrogen-bond donors (Lipinski definition) is 3. The zero-order valence-electron chi connectivity index (χ0n) is 13.9. The predicted octanol–water partition coefficient (Wildman–Crippen LogP) is 3.57. The fourth-order valence-corrected chi connectivity index (χ4v) is 2.29. The highest BCUT2D eigenvalue weighted by Crippen LogP contribution is 2.20. The van der Waals surface area contributed by atoms with Gasteiger partial charge in [0.25, 0.3) is 0 Å². The molecule has 0 spiro atoms. The topological polar surface area (TPSA) is 87.3 Å². The van der Waals surface area contributed by atoms with E-state index in [1.165, 1.54) is 6.92 Å². The van der Waals surface area contributed by atoms with Crippen molar-refractivity contribution in [3.8, 4) is 0 Å². The quantitative estimate of drug-likeness (QED) is 0.713. The second-order valence-corrected chi connectivity index (χ2v) is 5.93. The van der Waals surface area contributed by atoms with Crippen molar-refractivity contribution < 1.29 is 14.4 Å². The lowest BCUT2D eigenvalue weighted by atomic mass is 10.2. The molecule has 0 bridgehead atoms. The summed E-state index contributed by atoms with van der Waals surface area (Å²) in [4.78, 5) is 34.9. The highest BCUT2D eigenvalue weighted by Gasteiger charge is 2.11. The molecule has 0 heterocycles. The van der Waals surface area contributed by atoms with Gasteiger partial charge in [-0.25, -0.2) is 0 Å². The molecule has 130 valence electrons. The Morgan fingerprint density at radius 1 is 0.880 bits per heavy atom. The number of halogens is 1. The molecule has 6 nitrogen and oxygen atoms in total. The Bertz CT molecular complexity index is 804. The summed E-state index contributed by atoms with van der Waals surface area (Å²) >= 11 is 5.90. The van der Waals surface area contributed by atoms with Crippen molar-refractivity contribution in [2.45, 2.75) is 20.3 Å². The van der Waals surface area contributed by atoms with Gasteiger partial charge in [-0.1, -0.05) is 17.7 Å². The minimum Gasteiger partial charge on any atom is -0.326 e. The smallest absolute Gasteiger partial charge is 0.233 e. The van der Waals surface area contributed by atoms with Crippen molar-refractivity contribution in [2.24, 2.45) is 0 Å². The van der Waals surface area contributed by atoms with E-state index >= 15 is 0 Å². The van der Waals surface area contributed by atoms with Crippen LogP contribution in [-0.2, 0) is 14.4 Å². The number of nitrogens with one attached hydrogen (secondary N) is 3. The van der Waals surface area contributed by atoms with Crippen LogP contribution in [0.15, 0.2) is 42.5 Å². The normalized spacial score (nSPS) is 10.0. The van der Waals surface area contributed by atoms with Crippen LogP contribution < -0.4 is 16.0 Å². The van der Waals surface area contributed by atoms with Gasteiger partial charge in [0.1, 0.15) is 6.42 Å². The molecule has 2 aromatic carbocycles. The van der Waals surface area contributed by atoms with Gasteiger partial charge in [0, 0.05) is 29.0 Å². The number of carbonyl (C=O) groups is 3. The van der Waals surface area contributed by atoms with Crippen molar-refractivity contribution in [2.75, 3.05) is 16.0 Å². The first-order valence-electron chi connectivity index (χ1n) is 7.57. The first-order valence-corrected chi connectivity index (χ1v) is 7.95. The summed E-state index contributed by atoms with van der Waals surface area (Å²) in [5.74, 6) is -1.05. The molecule has 0 aliphatic heterocycles. The van der Waals surface area contributed by atoms with Crippen molar-refractivity contribution in [1.82, 2.24) is 0 Å². The molecular weight excluding hydrogens is 342 g/mol. The standard InChI is InChI=1S/C18H18ClN3O3/c1-11-3-4-13(19)9-16(11)22-18(25)10-17(24)21-15-7-5-14(6-8-15)20-12(2)23/h3-9H,10H2,1-2H3,(H,20,23)(H,21,24)(H,22,25). The summed E-state index contributed by atoms with van der Waals surface area (Å²) < 4.78 is 0. The number of aryl methyl sites for hydroxylation is 1. The van der Waals surface area contributed by atoms with Crippen LogP contribution in [0.5, 0.6) is 0 Å². The van der Waals surface area contributed by atoms with E-state index in [0.717, 1.165) is 5.56 Å². The molecule has 25 heavy (non-hydrogen) atoms. The van der Waals surface area contributed by atoms with E-state index in [1.807, 2.05) is 6.92 Å². The highest BCUT2D eigenvalue weighted by molar-refractivity contribution is 6.31. The zero-order valence-corrected chi connectivity index (χ0v) is 14.6. The van der Waals surface area contributed by atoms with Crippen molar-refractivity contribution in [3.05, 3.63) is 53.1 Å². The fraction of sp³-hybridized carbons (Fsp3) is 0.167. The Hall–Kier alpha value is -2.86. The van der Waals surface area contributed by atoms with Gasteiger partial charge < -0.3 is 16.0 Å². The zero-order chi connectivity index (χ0) is 18.4. The molecule has 3 N–H and O–H groups in total. The largest absolute Gasteiger partial charge is 0.326 e. The van der Waals surface area contributed by atoms with E-state index in [2.05, 4.69) is 16.0 Å². The molecule has 0 fully saturated rings. The van der Waals surface area contributed by atoms with Gasteiger partial charge in [-0.15, -0.1) is 0 Å². The summed E-state index contributed by atoms with van der Waals surface area (Å²) in [6, 6.07) is 11.7. The Labute approximate surface area is 150 Å². The van der Waals surface area contributed by atoms with Gasteiger partial charge in [0.15, 0.2) is 0 Å². The van der Waals surface area contributed by atoms with E-state index in [1.54, 1.807) is 42.5 Å². The van der Waals surface area contributed by atoms with E-state index in [0.29, 0.717) is 22.1 Å². The second-order valence-electron chi connectivity index (χ2n) is 5.49. The van der Waals surface area contributed by atoms with Crippen molar-refractivity contribution in [3.63, 3.8) is 0 Å². The highest BCUT2D eigenvalue weighted by atomic mass is 35.5. The van der Waals surface area contributed by atoms with Crippen molar-refractivity contribution >= 4 is 46.4 Å². The Morgan fingerprint density at radius 2 is 1.44 bits per heavy atom. The molecule has 2 aromatic rings. The van der Waals surface area contributed by atoms with Crippen LogP contribution in [0.1, 0.15) is 18.9 Å². The number of anilines is 3. The molecule has 0 atom stereocenters. The maximum Gasteiger partial charge on any atom is 0.233 e. The molecule has 0 aromatic heterocycles.